The number of aryl methyl sites for hydroxylation is 1. The Morgan fingerprint density at radius 3 is 2.44 bits per heavy atom. The van der Waals surface area contributed by atoms with Gasteiger partial charge in [-0.2, -0.15) is 0 Å². The van der Waals surface area contributed by atoms with Crippen LogP contribution in [0.25, 0.3) is 0 Å². The monoisotopic (exact) mass is 161 g/mol. The predicted molar refractivity (Wildman–Crippen MR) is 39.0 cm³/mol. The Hall–Kier alpha value is -0.270. The van der Waals surface area contributed by atoms with E-state index in [4.69, 9.17) is 23.2 Å². The van der Waals surface area contributed by atoms with Gasteiger partial charge in [0.1, 0.15) is 5.15 Å². The van der Waals surface area contributed by atoms with Gasteiger partial charge in [-0.25, -0.2) is 4.98 Å². The van der Waals surface area contributed by atoms with Gasteiger partial charge >= 0.3 is 0 Å². The van der Waals surface area contributed by atoms with Crippen molar-refractivity contribution < 1.29 is 0 Å². The van der Waals surface area contributed by atoms with E-state index in [1.165, 1.54) is 0 Å². The molecule has 0 saturated carbocycles. The fourth-order valence-corrected chi connectivity index (χ4v) is 1.16. The molecule has 0 bridgehead atoms. The molecule has 0 spiro atoms. The van der Waals surface area contributed by atoms with Crippen molar-refractivity contribution in [3.05, 3.63) is 28.0 Å². The molecule has 0 amide bonds. The minimum Gasteiger partial charge on any atom is -0.241 e. The minimum absolute atomic E-state index is 0.444. The highest BCUT2D eigenvalue weighted by atomic mass is 35.5. The van der Waals surface area contributed by atoms with Gasteiger partial charge in [0, 0.05) is 10.7 Å². The van der Waals surface area contributed by atoms with Gasteiger partial charge in [0.2, 0.25) is 0 Å². The molecular weight excluding hydrogens is 157 g/mol. The number of aromatic nitrogens is 1. The van der Waals surface area contributed by atoms with Gasteiger partial charge in [0.25, 0.3) is 0 Å². The van der Waals surface area contributed by atoms with Gasteiger partial charge in [-0.1, -0.05) is 23.2 Å². The van der Waals surface area contributed by atoms with Crippen molar-refractivity contribution in [1.29, 1.82) is 0 Å². The van der Waals surface area contributed by atoms with Gasteiger partial charge in [-0.15, -0.1) is 0 Å². The van der Waals surface area contributed by atoms with E-state index in [0.29, 0.717) is 10.2 Å². The van der Waals surface area contributed by atoms with E-state index in [2.05, 4.69) is 4.98 Å². The Balaban J connectivity index is 3.17. The maximum atomic E-state index is 5.63. The summed E-state index contributed by atoms with van der Waals surface area (Å²) in [5.41, 5.74) is 0.840. The van der Waals surface area contributed by atoms with E-state index in [0.717, 1.165) is 5.69 Å². The van der Waals surface area contributed by atoms with Crippen LogP contribution in [0.15, 0.2) is 12.1 Å². The first kappa shape index (κ1) is 6.84. The van der Waals surface area contributed by atoms with Gasteiger partial charge in [-0.3, -0.25) is 0 Å². The van der Waals surface area contributed by atoms with E-state index >= 15 is 0 Å². The van der Waals surface area contributed by atoms with Crippen molar-refractivity contribution in [3.8, 4) is 0 Å². The second kappa shape index (κ2) is 2.54. The maximum Gasteiger partial charge on any atom is 0.130 e. The summed E-state index contributed by atoms with van der Waals surface area (Å²) in [6, 6.07) is 3.36. The van der Waals surface area contributed by atoms with Crippen LogP contribution in [0, 0.1) is 6.92 Å². The number of rotatable bonds is 0. The molecule has 1 heterocycles. The maximum absolute atomic E-state index is 5.63. The molecule has 1 aromatic rings. The minimum atomic E-state index is 0.444. The largest absolute Gasteiger partial charge is 0.241 e. The fraction of sp³-hybridized carbons (Fsp3) is 0.167. The number of hydrogen-bond donors (Lipinski definition) is 0. The summed E-state index contributed by atoms with van der Waals surface area (Å²) in [7, 11) is 0. The molecule has 0 aromatic carbocycles. The second-order valence-corrected chi connectivity index (χ2v) is 2.57. The lowest BCUT2D eigenvalue weighted by Gasteiger charge is -1.92. The topological polar surface area (TPSA) is 12.9 Å². The molecule has 0 aliphatic heterocycles. The molecule has 0 N–H and O–H groups in total. The Kier molecular flexibility index (Phi) is 1.94. The molecule has 0 saturated heterocycles. The van der Waals surface area contributed by atoms with E-state index in [-0.39, 0.29) is 0 Å². The average Bonchev–Trinajstić information content (AvgIpc) is 1.59. The lowest BCUT2D eigenvalue weighted by atomic mass is 10.4. The van der Waals surface area contributed by atoms with Crippen LogP contribution in [0.1, 0.15) is 5.69 Å². The smallest absolute Gasteiger partial charge is 0.130 e. The molecule has 0 atom stereocenters. The molecule has 1 aromatic heterocycles. The van der Waals surface area contributed by atoms with Crippen molar-refractivity contribution in [3.63, 3.8) is 0 Å². The molecule has 9 heavy (non-hydrogen) atoms. The van der Waals surface area contributed by atoms with Crippen LogP contribution in [0.3, 0.4) is 0 Å². The van der Waals surface area contributed by atoms with Crippen LogP contribution in [0.2, 0.25) is 10.2 Å². The van der Waals surface area contributed by atoms with Crippen LogP contribution >= 0.6 is 23.2 Å². The Morgan fingerprint density at radius 1 is 1.33 bits per heavy atom. The van der Waals surface area contributed by atoms with Gasteiger partial charge in [-0.05, 0) is 19.1 Å². The molecule has 1 rings (SSSR count). The first-order chi connectivity index (χ1) is 4.18. The van der Waals surface area contributed by atoms with E-state index in [9.17, 15) is 0 Å². The van der Waals surface area contributed by atoms with Crippen molar-refractivity contribution in [2.24, 2.45) is 0 Å². The molecule has 0 aliphatic rings. The Morgan fingerprint density at radius 2 is 2.00 bits per heavy atom. The van der Waals surface area contributed by atoms with Crippen molar-refractivity contribution in [1.82, 2.24) is 4.98 Å². The lowest BCUT2D eigenvalue weighted by molar-refractivity contribution is 1.20. The summed E-state index contributed by atoms with van der Waals surface area (Å²) < 4.78 is 0. The third-order valence-electron chi connectivity index (χ3n) is 0.887. The zero-order valence-corrected chi connectivity index (χ0v) is 6.37. The zero-order valence-electron chi connectivity index (χ0n) is 4.86. The summed E-state index contributed by atoms with van der Waals surface area (Å²) >= 11 is 11.2. The molecule has 3 heteroatoms. The molecule has 1 nitrogen and oxygen atoms in total. The summed E-state index contributed by atoms with van der Waals surface area (Å²) in [5, 5.41) is 1.08. The molecule has 48 valence electrons. The van der Waals surface area contributed by atoms with Crippen LogP contribution in [0.5, 0.6) is 0 Å². The Bertz CT molecular complexity index is 172. The first-order valence-electron chi connectivity index (χ1n) is 2.48. The molecule has 0 unspecified atom stereocenters. The first-order valence-corrected chi connectivity index (χ1v) is 3.24. The average molecular weight is 162 g/mol. The summed E-state index contributed by atoms with van der Waals surface area (Å²) in [4.78, 5) is 3.92. The van der Waals surface area contributed by atoms with Gasteiger partial charge in [0.15, 0.2) is 0 Å². The van der Waals surface area contributed by atoms with Gasteiger partial charge < -0.3 is 0 Å². The standard InChI is InChI=1S/C6H5Cl2N/c1-4-2-5(7)3-6(8)9-4/h2-3H,1H3. The highest BCUT2D eigenvalue weighted by molar-refractivity contribution is 6.33. The number of halogens is 2. The molecular formula is C6H5Cl2N. The highest BCUT2D eigenvalue weighted by Crippen LogP contribution is 2.14. The quantitative estimate of drug-likeness (QED) is 0.534. The van der Waals surface area contributed by atoms with Crippen LogP contribution in [0.4, 0.5) is 0 Å². The summed E-state index contributed by atoms with van der Waals surface area (Å²) in [5.74, 6) is 0. The third-order valence-corrected chi connectivity index (χ3v) is 1.30. The zero-order chi connectivity index (χ0) is 6.85. The van der Waals surface area contributed by atoms with Crippen LogP contribution in [-0.2, 0) is 0 Å². The fourth-order valence-electron chi connectivity index (χ4n) is 0.588. The van der Waals surface area contributed by atoms with E-state index in [1.807, 2.05) is 6.92 Å². The lowest BCUT2D eigenvalue weighted by Crippen LogP contribution is -1.79. The van der Waals surface area contributed by atoms with E-state index in [1.54, 1.807) is 12.1 Å². The van der Waals surface area contributed by atoms with Gasteiger partial charge in [0.05, 0.1) is 0 Å². The number of nitrogens with zero attached hydrogens (tertiary/aromatic N) is 1. The SMILES string of the molecule is Cc1cc(Cl)cc(Cl)n1. The third kappa shape index (κ3) is 1.84. The number of pyridine rings is 1. The van der Waals surface area contributed by atoms with Crippen molar-refractivity contribution in [2.75, 3.05) is 0 Å². The molecule has 0 aliphatic carbocycles. The van der Waals surface area contributed by atoms with Crippen molar-refractivity contribution >= 4 is 23.2 Å². The predicted octanol–water partition coefficient (Wildman–Crippen LogP) is 2.70. The van der Waals surface area contributed by atoms with Crippen LogP contribution < -0.4 is 0 Å². The molecule has 0 radical (unpaired) electrons. The van der Waals surface area contributed by atoms with E-state index < -0.39 is 0 Å². The van der Waals surface area contributed by atoms with Crippen molar-refractivity contribution in [2.45, 2.75) is 6.92 Å². The summed E-state index contributed by atoms with van der Waals surface area (Å²) in [6.07, 6.45) is 0. The molecule has 0 fully saturated rings. The summed E-state index contributed by atoms with van der Waals surface area (Å²) in [6.45, 7) is 1.84. The number of hydrogen-bond acceptors (Lipinski definition) is 1. The second-order valence-electron chi connectivity index (χ2n) is 1.75. The Labute approximate surface area is 63.6 Å². The highest BCUT2D eigenvalue weighted by Gasteiger charge is 1.92. The normalized spacial score (nSPS) is 9.67. The van der Waals surface area contributed by atoms with Crippen LogP contribution in [-0.4, -0.2) is 4.98 Å².